The van der Waals surface area contributed by atoms with Crippen molar-refractivity contribution in [2.45, 2.75) is 11.8 Å². The van der Waals surface area contributed by atoms with Crippen LogP contribution in [0.25, 0.3) is 0 Å². The smallest absolute Gasteiger partial charge is 0.265 e. The first kappa shape index (κ1) is 16.1. The predicted octanol–water partition coefficient (Wildman–Crippen LogP) is 4.55. The van der Waals surface area contributed by atoms with E-state index >= 15 is 0 Å². The van der Waals surface area contributed by atoms with Gasteiger partial charge in [0, 0.05) is 20.7 Å². The highest BCUT2D eigenvalue weighted by Crippen LogP contribution is 2.37. The minimum Gasteiger partial charge on any atom is -0.486 e. The fourth-order valence-electron chi connectivity index (χ4n) is 1.08. The van der Waals surface area contributed by atoms with Gasteiger partial charge in [-0.3, -0.25) is 0 Å². The van der Waals surface area contributed by atoms with E-state index in [1.54, 1.807) is 6.92 Å². The molecule has 0 fully saturated rings. The Bertz CT molecular complexity index is 584. The quantitative estimate of drug-likeness (QED) is 0.704. The Morgan fingerprint density at radius 2 is 2.11 bits per heavy atom. The lowest BCUT2D eigenvalue weighted by molar-refractivity contribution is 0.343. The highest BCUT2D eigenvalue weighted by molar-refractivity contribution is 9.10. The van der Waals surface area contributed by atoms with Crippen molar-refractivity contribution in [2.24, 2.45) is 0 Å². The molecule has 0 aromatic heterocycles. The topological polar surface area (TPSA) is 43.4 Å². The fraction of sp³-hybridized carbons (Fsp3) is 0.200. The summed E-state index contributed by atoms with van der Waals surface area (Å²) in [6, 6.07) is 2.84. The van der Waals surface area contributed by atoms with Crippen LogP contribution in [-0.2, 0) is 9.05 Å². The summed E-state index contributed by atoms with van der Waals surface area (Å²) in [5.41, 5.74) is 2.05. The number of rotatable bonds is 4. The van der Waals surface area contributed by atoms with Gasteiger partial charge in [-0.15, -0.1) is 0 Å². The summed E-state index contributed by atoms with van der Waals surface area (Å²) < 4.78 is 28.7. The third kappa shape index (κ3) is 4.31. The Labute approximate surface area is 128 Å². The highest BCUT2D eigenvalue weighted by atomic mass is 79.9. The lowest BCUT2D eigenvalue weighted by Gasteiger charge is -2.12. The van der Waals surface area contributed by atoms with E-state index in [9.17, 15) is 8.42 Å². The fourth-order valence-corrected chi connectivity index (χ4v) is 3.21. The maximum atomic E-state index is 11.4. The van der Waals surface area contributed by atoms with Crippen LogP contribution in [-0.4, -0.2) is 15.0 Å². The molecule has 0 aliphatic rings. The molecule has 0 saturated carbocycles. The molecule has 3 nitrogen and oxygen atoms in total. The molecule has 1 aromatic rings. The lowest BCUT2D eigenvalue weighted by atomic mass is 10.3. The summed E-state index contributed by atoms with van der Waals surface area (Å²) >= 11 is 14.6. The van der Waals surface area contributed by atoms with Crippen molar-refractivity contribution >= 4 is 58.9 Å². The van der Waals surface area contributed by atoms with Crippen LogP contribution in [0.15, 0.2) is 32.6 Å². The third-order valence-electron chi connectivity index (χ3n) is 1.87. The minimum atomic E-state index is -3.95. The van der Waals surface area contributed by atoms with Gasteiger partial charge in [0.25, 0.3) is 9.05 Å². The van der Waals surface area contributed by atoms with Gasteiger partial charge >= 0.3 is 0 Å². The summed E-state index contributed by atoms with van der Waals surface area (Å²) in [6.07, 6.45) is 0. The minimum absolute atomic E-state index is 0.00716. The molecule has 0 spiro atoms. The van der Waals surface area contributed by atoms with Crippen LogP contribution in [0.2, 0.25) is 5.02 Å². The Balaban J connectivity index is 3.25. The molecule has 0 aliphatic heterocycles. The van der Waals surface area contributed by atoms with Crippen molar-refractivity contribution in [1.82, 2.24) is 0 Å². The molecule has 0 saturated heterocycles. The molecule has 8 heteroatoms. The van der Waals surface area contributed by atoms with Crippen molar-refractivity contribution in [3.63, 3.8) is 0 Å². The molecule has 100 valence electrons. The number of benzene rings is 1. The van der Waals surface area contributed by atoms with Gasteiger partial charge in [-0.2, -0.15) is 0 Å². The Hall–Kier alpha value is 0.0600. The molecule has 0 amide bonds. The summed E-state index contributed by atoms with van der Waals surface area (Å²) in [7, 11) is 1.38. The maximum Gasteiger partial charge on any atom is 0.265 e. The molecule has 18 heavy (non-hydrogen) atoms. The number of halogens is 4. The maximum absolute atomic E-state index is 11.4. The van der Waals surface area contributed by atoms with Crippen LogP contribution in [0.1, 0.15) is 6.92 Å². The average molecular weight is 395 g/mol. The van der Waals surface area contributed by atoms with Gasteiger partial charge in [0.1, 0.15) is 11.5 Å². The molecular weight excluding hydrogens is 386 g/mol. The van der Waals surface area contributed by atoms with Gasteiger partial charge < -0.3 is 4.74 Å². The van der Waals surface area contributed by atoms with Crippen LogP contribution in [0.3, 0.4) is 0 Å². The first-order chi connectivity index (χ1) is 8.25. The molecule has 0 radical (unpaired) electrons. The van der Waals surface area contributed by atoms with E-state index in [1.165, 1.54) is 17.7 Å². The van der Waals surface area contributed by atoms with E-state index in [2.05, 4.69) is 15.9 Å². The Kier molecular flexibility index (Phi) is 5.80. The summed E-state index contributed by atoms with van der Waals surface area (Å²) in [5, 5.41) is 0.144. The summed E-state index contributed by atoms with van der Waals surface area (Å²) in [5.74, 6) is 0.00716. The lowest BCUT2D eigenvalue weighted by Crippen LogP contribution is -2.03. The second-order valence-electron chi connectivity index (χ2n) is 3.40. The van der Waals surface area contributed by atoms with Crippen LogP contribution in [0, 0.1) is 0 Å². The van der Waals surface area contributed by atoms with Crippen molar-refractivity contribution in [1.29, 1.82) is 0 Å². The summed E-state index contributed by atoms with van der Waals surface area (Å²) in [4.78, 5) is -0.189. The molecule has 0 unspecified atom stereocenters. The molecule has 1 rings (SSSR count). The molecule has 0 heterocycles. The SMILES string of the molecule is CC(=CCl)COc1c(Cl)cc(Br)cc1S(=O)(=O)Cl. The largest absolute Gasteiger partial charge is 0.486 e. The molecular formula is C10H8BrCl3O3S. The standard InChI is InChI=1S/C10H8BrCl3O3S/c1-6(4-12)5-17-10-8(13)2-7(11)3-9(10)18(14,15)16/h2-4H,5H2,1H3. The zero-order valence-corrected chi connectivity index (χ0v) is 13.8. The van der Waals surface area contributed by atoms with E-state index in [1.807, 2.05) is 0 Å². The summed E-state index contributed by atoms with van der Waals surface area (Å²) in [6.45, 7) is 1.85. The first-order valence-corrected chi connectivity index (χ1v) is 8.49. The second kappa shape index (κ2) is 6.48. The van der Waals surface area contributed by atoms with Gasteiger partial charge in [-0.1, -0.05) is 39.1 Å². The van der Waals surface area contributed by atoms with E-state index in [-0.39, 0.29) is 22.3 Å². The van der Waals surface area contributed by atoms with Crippen molar-refractivity contribution in [3.05, 3.63) is 32.7 Å². The normalized spacial score (nSPS) is 12.6. The van der Waals surface area contributed by atoms with Gasteiger partial charge in [-0.05, 0) is 24.6 Å². The Morgan fingerprint density at radius 1 is 1.50 bits per heavy atom. The van der Waals surface area contributed by atoms with E-state index in [0.29, 0.717) is 10.0 Å². The van der Waals surface area contributed by atoms with E-state index in [0.717, 1.165) is 0 Å². The number of hydrogen-bond acceptors (Lipinski definition) is 3. The van der Waals surface area contributed by atoms with Crippen LogP contribution in [0.5, 0.6) is 5.75 Å². The van der Waals surface area contributed by atoms with Gasteiger partial charge in [0.05, 0.1) is 5.02 Å². The highest BCUT2D eigenvalue weighted by Gasteiger charge is 2.21. The second-order valence-corrected chi connectivity index (χ2v) is 7.47. The van der Waals surface area contributed by atoms with Crippen LogP contribution in [0.4, 0.5) is 0 Å². The van der Waals surface area contributed by atoms with E-state index in [4.69, 9.17) is 38.6 Å². The zero-order valence-electron chi connectivity index (χ0n) is 9.08. The van der Waals surface area contributed by atoms with Gasteiger partial charge in [0.15, 0.2) is 5.75 Å². The zero-order chi connectivity index (χ0) is 13.9. The van der Waals surface area contributed by atoms with Crippen molar-refractivity contribution in [2.75, 3.05) is 6.61 Å². The molecule has 0 bridgehead atoms. The average Bonchev–Trinajstić information content (AvgIpc) is 2.25. The van der Waals surface area contributed by atoms with Crippen molar-refractivity contribution in [3.8, 4) is 5.75 Å². The first-order valence-electron chi connectivity index (χ1n) is 4.58. The third-order valence-corrected chi connectivity index (χ3v) is 4.31. The molecule has 0 atom stereocenters. The molecule has 0 N–H and O–H groups in total. The number of hydrogen-bond donors (Lipinski definition) is 0. The molecule has 0 aliphatic carbocycles. The number of ether oxygens (including phenoxy) is 1. The molecule has 1 aromatic carbocycles. The van der Waals surface area contributed by atoms with Crippen LogP contribution < -0.4 is 4.74 Å². The van der Waals surface area contributed by atoms with E-state index < -0.39 is 9.05 Å². The van der Waals surface area contributed by atoms with Gasteiger partial charge in [-0.25, -0.2) is 8.42 Å². The monoisotopic (exact) mass is 392 g/mol. The van der Waals surface area contributed by atoms with Gasteiger partial charge in [0.2, 0.25) is 0 Å². The predicted molar refractivity (Wildman–Crippen MR) is 77.3 cm³/mol. The van der Waals surface area contributed by atoms with Crippen molar-refractivity contribution < 1.29 is 13.2 Å². The Morgan fingerprint density at radius 3 is 2.61 bits per heavy atom. The van der Waals surface area contributed by atoms with Crippen LogP contribution >= 0.6 is 49.8 Å².